The summed E-state index contributed by atoms with van der Waals surface area (Å²) >= 11 is 3.48. The number of amides is 1. The summed E-state index contributed by atoms with van der Waals surface area (Å²) in [6.07, 6.45) is 1.45. The second-order valence-corrected chi connectivity index (χ2v) is 8.25. The fourth-order valence-electron chi connectivity index (χ4n) is 3.20. The molecule has 2 aromatic carbocycles. The Labute approximate surface area is 206 Å². The van der Waals surface area contributed by atoms with Crippen molar-refractivity contribution in [1.82, 2.24) is 5.16 Å². The van der Waals surface area contributed by atoms with Crippen LogP contribution in [0.5, 0.6) is 17.2 Å². The molecule has 0 atom stereocenters. The zero-order valence-electron chi connectivity index (χ0n) is 19.3. The van der Waals surface area contributed by atoms with E-state index in [0.29, 0.717) is 40.5 Å². The summed E-state index contributed by atoms with van der Waals surface area (Å²) in [4.78, 5) is 12.4. The third kappa shape index (κ3) is 6.17. The van der Waals surface area contributed by atoms with Gasteiger partial charge < -0.3 is 24.1 Å². The maximum Gasteiger partial charge on any atom is 0.267 e. The van der Waals surface area contributed by atoms with Gasteiger partial charge in [-0.2, -0.15) is 5.26 Å². The van der Waals surface area contributed by atoms with Crippen LogP contribution in [0, 0.1) is 32.1 Å². The van der Waals surface area contributed by atoms with E-state index in [-0.39, 0.29) is 11.4 Å². The Balaban J connectivity index is 1.70. The van der Waals surface area contributed by atoms with Gasteiger partial charge in [0.25, 0.3) is 5.91 Å². The molecule has 0 radical (unpaired) electrons. The molecule has 0 saturated carbocycles. The molecular weight excluding hydrogens is 502 g/mol. The number of para-hydroxylation sites is 1. The first-order valence-corrected chi connectivity index (χ1v) is 11.2. The molecule has 1 heterocycles. The molecule has 9 heteroatoms. The number of anilines is 1. The summed E-state index contributed by atoms with van der Waals surface area (Å²) < 4.78 is 22.8. The van der Waals surface area contributed by atoms with Gasteiger partial charge in [0.15, 0.2) is 17.3 Å². The minimum Gasteiger partial charge on any atom is -0.493 e. The number of methoxy groups -OCH3 is 1. The first-order valence-electron chi connectivity index (χ1n) is 10.4. The Kier molecular flexibility index (Phi) is 8.33. The lowest BCUT2D eigenvalue weighted by atomic mass is 10.1. The highest BCUT2D eigenvalue weighted by molar-refractivity contribution is 9.10. The molecule has 176 valence electrons. The van der Waals surface area contributed by atoms with E-state index in [4.69, 9.17) is 18.7 Å². The van der Waals surface area contributed by atoms with Crippen molar-refractivity contribution in [2.45, 2.75) is 20.8 Å². The first-order chi connectivity index (χ1) is 16.3. The van der Waals surface area contributed by atoms with Gasteiger partial charge in [0.05, 0.1) is 11.6 Å². The Morgan fingerprint density at radius 2 is 1.82 bits per heavy atom. The summed E-state index contributed by atoms with van der Waals surface area (Å²) in [6.45, 7) is 6.34. The summed E-state index contributed by atoms with van der Waals surface area (Å²) in [5, 5.41) is 15.7. The molecular formula is C25H24BrN3O5. The molecule has 0 saturated heterocycles. The molecule has 0 fully saturated rings. The highest BCUT2D eigenvalue weighted by Crippen LogP contribution is 2.37. The van der Waals surface area contributed by atoms with E-state index >= 15 is 0 Å². The Bertz CT molecular complexity index is 1240. The van der Waals surface area contributed by atoms with Crippen LogP contribution in [0.25, 0.3) is 6.08 Å². The van der Waals surface area contributed by atoms with Crippen LogP contribution in [-0.2, 0) is 4.79 Å². The highest BCUT2D eigenvalue weighted by atomic mass is 79.9. The van der Waals surface area contributed by atoms with Gasteiger partial charge in [-0.25, -0.2) is 0 Å². The van der Waals surface area contributed by atoms with Crippen LogP contribution in [0.4, 0.5) is 5.82 Å². The Morgan fingerprint density at radius 3 is 2.41 bits per heavy atom. The predicted octanol–water partition coefficient (Wildman–Crippen LogP) is 5.37. The van der Waals surface area contributed by atoms with E-state index in [1.165, 1.54) is 13.2 Å². The van der Waals surface area contributed by atoms with Crippen LogP contribution < -0.4 is 19.5 Å². The molecule has 1 N–H and O–H groups in total. The van der Waals surface area contributed by atoms with Crippen LogP contribution in [0.2, 0.25) is 0 Å². The second kappa shape index (κ2) is 11.4. The molecule has 34 heavy (non-hydrogen) atoms. The van der Waals surface area contributed by atoms with E-state index < -0.39 is 5.91 Å². The number of nitrogens with one attached hydrogen (secondary N) is 1. The van der Waals surface area contributed by atoms with E-state index in [0.717, 1.165) is 16.9 Å². The molecule has 0 spiro atoms. The van der Waals surface area contributed by atoms with Gasteiger partial charge >= 0.3 is 0 Å². The number of rotatable bonds is 9. The van der Waals surface area contributed by atoms with Crippen molar-refractivity contribution in [3.63, 3.8) is 0 Å². The molecule has 0 aliphatic rings. The monoisotopic (exact) mass is 525 g/mol. The van der Waals surface area contributed by atoms with Gasteiger partial charge in [0, 0.05) is 6.07 Å². The number of carbonyl (C=O) groups excluding carboxylic acids is 1. The first kappa shape index (κ1) is 24.9. The third-order valence-electron chi connectivity index (χ3n) is 4.78. The second-order valence-electron chi connectivity index (χ2n) is 7.40. The van der Waals surface area contributed by atoms with E-state index in [2.05, 4.69) is 26.4 Å². The lowest BCUT2D eigenvalue weighted by Crippen LogP contribution is -2.13. The van der Waals surface area contributed by atoms with E-state index in [9.17, 15) is 10.1 Å². The number of nitriles is 1. The largest absolute Gasteiger partial charge is 0.493 e. The fourth-order valence-corrected chi connectivity index (χ4v) is 3.78. The van der Waals surface area contributed by atoms with Gasteiger partial charge in [-0.1, -0.05) is 23.4 Å². The third-order valence-corrected chi connectivity index (χ3v) is 5.37. The zero-order chi connectivity index (χ0) is 24.7. The van der Waals surface area contributed by atoms with E-state index in [1.807, 2.05) is 38.1 Å². The maximum atomic E-state index is 12.4. The van der Waals surface area contributed by atoms with Crippen molar-refractivity contribution < 1.29 is 23.5 Å². The molecule has 3 rings (SSSR count). The average molecular weight is 526 g/mol. The lowest BCUT2D eigenvalue weighted by Gasteiger charge is -2.15. The van der Waals surface area contributed by atoms with Crippen molar-refractivity contribution in [2.75, 3.05) is 25.6 Å². The number of carbonyl (C=O) groups is 1. The van der Waals surface area contributed by atoms with Crippen molar-refractivity contribution in [2.24, 2.45) is 0 Å². The quantitative estimate of drug-likeness (QED) is 0.227. The summed E-state index contributed by atoms with van der Waals surface area (Å²) in [5.74, 6) is 1.95. The maximum absolute atomic E-state index is 12.4. The number of hydrogen-bond donors (Lipinski definition) is 1. The van der Waals surface area contributed by atoms with E-state index in [1.54, 1.807) is 25.1 Å². The topological polar surface area (TPSA) is 107 Å². The van der Waals surface area contributed by atoms with Crippen molar-refractivity contribution in [1.29, 1.82) is 5.26 Å². The highest BCUT2D eigenvalue weighted by Gasteiger charge is 2.15. The van der Waals surface area contributed by atoms with Crippen molar-refractivity contribution in [3.8, 4) is 23.3 Å². The summed E-state index contributed by atoms with van der Waals surface area (Å²) in [6, 6.07) is 12.9. The summed E-state index contributed by atoms with van der Waals surface area (Å²) in [5.41, 5.74) is 2.59. The smallest absolute Gasteiger partial charge is 0.267 e. The number of hydrogen-bond acceptors (Lipinski definition) is 7. The van der Waals surface area contributed by atoms with Gasteiger partial charge in [-0.3, -0.25) is 4.79 Å². The number of aromatic nitrogens is 1. The Morgan fingerprint density at radius 1 is 1.15 bits per heavy atom. The number of ether oxygens (including phenoxy) is 3. The van der Waals surface area contributed by atoms with Crippen LogP contribution in [0.1, 0.15) is 22.5 Å². The lowest BCUT2D eigenvalue weighted by molar-refractivity contribution is -0.112. The SMILES string of the molecule is COc1cc(C=C(C#N)C(=O)Nc2cc(C)on2)cc(Br)c1OCCOc1c(C)cccc1C. The predicted molar refractivity (Wildman–Crippen MR) is 131 cm³/mol. The molecule has 0 aliphatic carbocycles. The van der Waals surface area contributed by atoms with Gasteiger partial charge in [-0.15, -0.1) is 0 Å². The number of benzene rings is 2. The molecule has 3 aromatic rings. The van der Waals surface area contributed by atoms with Gasteiger partial charge in [0.1, 0.15) is 36.4 Å². The van der Waals surface area contributed by atoms with Gasteiger partial charge in [0.2, 0.25) is 0 Å². The number of aryl methyl sites for hydroxylation is 3. The molecule has 0 aliphatic heterocycles. The normalized spacial score (nSPS) is 11.0. The number of nitrogens with zero attached hydrogens (tertiary/aromatic N) is 2. The fraction of sp³-hybridized carbons (Fsp3) is 0.240. The molecule has 0 unspecified atom stereocenters. The minimum absolute atomic E-state index is 0.106. The van der Waals surface area contributed by atoms with Gasteiger partial charge in [-0.05, 0) is 71.6 Å². The van der Waals surface area contributed by atoms with Crippen LogP contribution in [-0.4, -0.2) is 31.4 Å². The minimum atomic E-state index is -0.602. The van der Waals surface area contributed by atoms with Crippen LogP contribution >= 0.6 is 15.9 Å². The molecule has 1 aromatic heterocycles. The molecule has 8 nitrogen and oxygen atoms in total. The molecule has 1 amide bonds. The standard InChI is InChI=1S/C25H24BrN3O5/c1-15-6-5-7-16(2)23(15)32-8-9-33-24-20(26)12-18(13-21(24)31-4)11-19(14-27)25(30)28-22-10-17(3)34-29-22/h5-7,10-13H,8-9H2,1-4H3,(H,28,29,30). The van der Waals surface area contributed by atoms with Crippen LogP contribution in [0.15, 0.2) is 51.0 Å². The van der Waals surface area contributed by atoms with Crippen molar-refractivity contribution >= 4 is 33.7 Å². The van der Waals surface area contributed by atoms with Crippen LogP contribution in [0.3, 0.4) is 0 Å². The summed E-state index contributed by atoms with van der Waals surface area (Å²) in [7, 11) is 1.51. The van der Waals surface area contributed by atoms with Crippen molar-refractivity contribution in [3.05, 3.63) is 68.9 Å². The number of halogens is 1. The zero-order valence-corrected chi connectivity index (χ0v) is 20.9. The molecule has 0 bridgehead atoms. The Hall–Kier alpha value is -3.77. The average Bonchev–Trinajstić information content (AvgIpc) is 3.21.